The lowest BCUT2D eigenvalue weighted by atomic mass is 10.2. The van der Waals surface area contributed by atoms with E-state index in [0.717, 1.165) is 30.3 Å². The molecule has 0 saturated heterocycles. The standard InChI is InChI=1S/C13H20ClNO2S/c1-17-7-5-15-10-11-9-12(14)3-4-13(11)18-8-2-6-16/h3-4,9,15-16H,2,5-8,10H2,1H3. The maximum atomic E-state index is 8.80. The number of aliphatic hydroxyl groups excluding tert-OH is 1. The number of ether oxygens (including phenoxy) is 1. The van der Waals surface area contributed by atoms with Crippen molar-refractivity contribution in [3.8, 4) is 0 Å². The van der Waals surface area contributed by atoms with Gasteiger partial charge in [-0.1, -0.05) is 11.6 Å². The molecule has 3 nitrogen and oxygen atoms in total. The fraction of sp³-hybridized carbons (Fsp3) is 0.538. The molecule has 0 aliphatic heterocycles. The normalized spacial score (nSPS) is 10.8. The van der Waals surface area contributed by atoms with E-state index in [2.05, 4.69) is 5.32 Å². The van der Waals surface area contributed by atoms with Crippen LogP contribution < -0.4 is 5.32 Å². The zero-order chi connectivity index (χ0) is 13.2. The summed E-state index contributed by atoms with van der Waals surface area (Å²) in [6, 6.07) is 5.93. The fourth-order valence-corrected chi connectivity index (χ4v) is 2.64. The van der Waals surface area contributed by atoms with Crippen molar-refractivity contribution in [1.29, 1.82) is 0 Å². The van der Waals surface area contributed by atoms with Crippen LogP contribution >= 0.6 is 23.4 Å². The van der Waals surface area contributed by atoms with Crippen molar-refractivity contribution in [3.05, 3.63) is 28.8 Å². The van der Waals surface area contributed by atoms with E-state index in [1.807, 2.05) is 18.2 Å². The van der Waals surface area contributed by atoms with Crippen molar-refractivity contribution < 1.29 is 9.84 Å². The van der Waals surface area contributed by atoms with Gasteiger partial charge in [0.2, 0.25) is 0 Å². The van der Waals surface area contributed by atoms with Crippen molar-refractivity contribution >= 4 is 23.4 Å². The third kappa shape index (κ3) is 6.07. The molecule has 1 rings (SSSR count). The summed E-state index contributed by atoms with van der Waals surface area (Å²) >= 11 is 7.77. The van der Waals surface area contributed by atoms with Gasteiger partial charge >= 0.3 is 0 Å². The Labute approximate surface area is 118 Å². The average molecular weight is 290 g/mol. The quantitative estimate of drug-likeness (QED) is 0.541. The first kappa shape index (κ1) is 15.8. The van der Waals surface area contributed by atoms with Gasteiger partial charge < -0.3 is 15.2 Å². The molecule has 1 aromatic rings. The van der Waals surface area contributed by atoms with Crippen LogP contribution in [0.3, 0.4) is 0 Å². The number of rotatable bonds is 9. The monoisotopic (exact) mass is 289 g/mol. The number of hydrogen-bond acceptors (Lipinski definition) is 4. The van der Waals surface area contributed by atoms with Crippen molar-refractivity contribution in [3.63, 3.8) is 0 Å². The van der Waals surface area contributed by atoms with E-state index >= 15 is 0 Å². The van der Waals surface area contributed by atoms with E-state index in [-0.39, 0.29) is 6.61 Å². The second-order valence-electron chi connectivity index (χ2n) is 3.85. The SMILES string of the molecule is COCCNCc1cc(Cl)ccc1SCCCO. The summed E-state index contributed by atoms with van der Waals surface area (Å²) in [6.45, 7) is 2.55. The van der Waals surface area contributed by atoms with Crippen molar-refractivity contribution in [2.45, 2.75) is 17.9 Å². The molecule has 0 spiro atoms. The molecule has 0 saturated carbocycles. The first-order chi connectivity index (χ1) is 8.77. The first-order valence-corrected chi connectivity index (χ1v) is 7.36. The molecule has 102 valence electrons. The minimum Gasteiger partial charge on any atom is -0.396 e. The van der Waals surface area contributed by atoms with Gasteiger partial charge in [0.15, 0.2) is 0 Å². The molecule has 2 N–H and O–H groups in total. The highest BCUT2D eigenvalue weighted by atomic mass is 35.5. The maximum absolute atomic E-state index is 8.80. The minimum absolute atomic E-state index is 0.238. The van der Waals surface area contributed by atoms with Crippen LogP contribution in [0.15, 0.2) is 23.1 Å². The highest BCUT2D eigenvalue weighted by molar-refractivity contribution is 7.99. The molecule has 0 bridgehead atoms. The zero-order valence-corrected chi connectivity index (χ0v) is 12.2. The summed E-state index contributed by atoms with van der Waals surface area (Å²) < 4.78 is 4.99. The van der Waals surface area contributed by atoms with Crippen LogP contribution in [-0.2, 0) is 11.3 Å². The number of thioether (sulfide) groups is 1. The van der Waals surface area contributed by atoms with Gasteiger partial charge in [-0.05, 0) is 30.2 Å². The topological polar surface area (TPSA) is 41.5 Å². The highest BCUT2D eigenvalue weighted by Gasteiger charge is 2.04. The molecule has 0 fully saturated rings. The third-order valence-corrected chi connectivity index (χ3v) is 3.82. The number of methoxy groups -OCH3 is 1. The zero-order valence-electron chi connectivity index (χ0n) is 10.6. The van der Waals surface area contributed by atoms with Gasteiger partial charge in [0.05, 0.1) is 6.61 Å². The maximum Gasteiger partial charge on any atom is 0.0587 e. The molecule has 0 radical (unpaired) electrons. The molecule has 0 atom stereocenters. The number of nitrogens with one attached hydrogen (secondary N) is 1. The molecule has 0 heterocycles. The smallest absolute Gasteiger partial charge is 0.0587 e. The molecule has 0 unspecified atom stereocenters. The van der Waals surface area contributed by atoms with E-state index in [4.69, 9.17) is 21.4 Å². The van der Waals surface area contributed by atoms with Crippen molar-refractivity contribution in [2.24, 2.45) is 0 Å². The molecule has 0 aliphatic rings. The van der Waals surface area contributed by atoms with Gasteiger partial charge in [0.25, 0.3) is 0 Å². The Morgan fingerprint density at radius 3 is 3.00 bits per heavy atom. The van der Waals surface area contributed by atoms with Crippen LogP contribution in [0.4, 0.5) is 0 Å². The highest BCUT2D eigenvalue weighted by Crippen LogP contribution is 2.26. The van der Waals surface area contributed by atoms with Gasteiger partial charge in [-0.25, -0.2) is 0 Å². The third-order valence-electron chi connectivity index (χ3n) is 2.38. The van der Waals surface area contributed by atoms with E-state index in [9.17, 15) is 0 Å². The van der Waals surface area contributed by atoms with Gasteiger partial charge in [-0.15, -0.1) is 11.8 Å². The van der Waals surface area contributed by atoms with Crippen LogP contribution in [0.2, 0.25) is 5.02 Å². The van der Waals surface area contributed by atoms with Crippen LogP contribution in [0, 0.1) is 0 Å². The summed E-state index contributed by atoms with van der Waals surface area (Å²) in [5.41, 5.74) is 1.20. The number of benzene rings is 1. The Kier molecular flexibility index (Phi) is 8.46. The predicted molar refractivity (Wildman–Crippen MR) is 77.5 cm³/mol. The Hall–Kier alpha value is -0.260. The number of aliphatic hydroxyl groups is 1. The molecule has 0 aromatic heterocycles. The summed E-state index contributed by atoms with van der Waals surface area (Å²) in [6.07, 6.45) is 0.809. The predicted octanol–water partition coefficient (Wildman–Crippen LogP) is 2.55. The van der Waals surface area contributed by atoms with Crippen LogP contribution in [0.25, 0.3) is 0 Å². The fourth-order valence-electron chi connectivity index (χ4n) is 1.47. The minimum atomic E-state index is 0.238. The van der Waals surface area contributed by atoms with Gasteiger partial charge in [-0.2, -0.15) is 0 Å². The first-order valence-electron chi connectivity index (χ1n) is 5.99. The number of halogens is 1. The molecule has 5 heteroatoms. The molecule has 0 amide bonds. The van der Waals surface area contributed by atoms with Gasteiger partial charge in [0, 0.05) is 42.5 Å². The Bertz CT molecular complexity index is 350. The van der Waals surface area contributed by atoms with E-state index in [1.165, 1.54) is 10.5 Å². The van der Waals surface area contributed by atoms with Crippen LogP contribution in [0.1, 0.15) is 12.0 Å². The summed E-state index contributed by atoms with van der Waals surface area (Å²) in [4.78, 5) is 1.22. The molecular weight excluding hydrogens is 270 g/mol. The average Bonchev–Trinajstić information content (AvgIpc) is 2.37. The van der Waals surface area contributed by atoms with Crippen molar-refractivity contribution in [2.75, 3.05) is 32.6 Å². The van der Waals surface area contributed by atoms with Crippen LogP contribution in [-0.4, -0.2) is 37.7 Å². The summed E-state index contributed by atoms with van der Waals surface area (Å²) in [7, 11) is 1.69. The second kappa shape index (κ2) is 9.64. The largest absolute Gasteiger partial charge is 0.396 e. The molecule has 0 aliphatic carbocycles. The Morgan fingerprint density at radius 1 is 1.44 bits per heavy atom. The Balaban J connectivity index is 2.53. The van der Waals surface area contributed by atoms with E-state index in [1.54, 1.807) is 18.9 Å². The lowest BCUT2D eigenvalue weighted by Crippen LogP contribution is -2.18. The summed E-state index contributed by atoms with van der Waals surface area (Å²) in [5.74, 6) is 0.920. The molecule has 18 heavy (non-hydrogen) atoms. The lowest BCUT2D eigenvalue weighted by molar-refractivity contribution is 0.199. The van der Waals surface area contributed by atoms with Gasteiger partial charge in [0.1, 0.15) is 0 Å². The van der Waals surface area contributed by atoms with Crippen LogP contribution in [0.5, 0.6) is 0 Å². The molecular formula is C13H20ClNO2S. The Morgan fingerprint density at radius 2 is 2.28 bits per heavy atom. The second-order valence-corrected chi connectivity index (χ2v) is 5.42. The number of hydrogen-bond donors (Lipinski definition) is 2. The lowest BCUT2D eigenvalue weighted by Gasteiger charge is -2.10. The van der Waals surface area contributed by atoms with E-state index in [0.29, 0.717) is 6.61 Å². The van der Waals surface area contributed by atoms with Crippen molar-refractivity contribution in [1.82, 2.24) is 5.32 Å². The van der Waals surface area contributed by atoms with E-state index < -0.39 is 0 Å². The van der Waals surface area contributed by atoms with Gasteiger partial charge in [-0.3, -0.25) is 0 Å². The molecule has 1 aromatic carbocycles. The summed E-state index contributed by atoms with van der Waals surface area (Å²) in [5, 5.41) is 12.9.